The number of carbonyl (C=O) groups is 1. The van der Waals surface area contributed by atoms with Gasteiger partial charge in [0.2, 0.25) is 0 Å². The summed E-state index contributed by atoms with van der Waals surface area (Å²) < 4.78 is 25.7. The van der Waals surface area contributed by atoms with Crippen molar-refractivity contribution in [2.45, 2.75) is 20.5 Å². The lowest BCUT2D eigenvalue weighted by Crippen LogP contribution is -2.12. The highest BCUT2D eigenvalue weighted by Gasteiger charge is 2.14. The van der Waals surface area contributed by atoms with Gasteiger partial charge in [-0.2, -0.15) is 0 Å². The van der Waals surface area contributed by atoms with Crippen LogP contribution in [0.3, 0.4) is 0 Å². The van der Waals surface area contributed by atoms with Gasteiger partial charge >= 0.3 is 0 Å². The third kappa shape index (κ3) is 4.14. The van der Waals surface area contributed by atoms with Gasteiger partial charge in [0.05, 0.1) is 5.69 Å². The van der Waals surface area contributed by atoms with Crippen LogP contribution >= 0.6 is 15.9 Å². The van der Waals surface area contributed by atoms with Gasteiger partial charge in [0.25, 0.3) is 5.91 Å². The zero-order valence-electron chi connectivity index (χ0n) is 14.3. The number of anilines is 1. The molecule has 6 heteroatoms. The van der Waals surface area contributed by atoms with Crippen LogP contribution in [0.1, 0.15) is 27.4 Å². The fourth-order valence-electron chi connectivity index (χ4n) is 2.52. The van der Waals surface area contributed by atoms with Crippen LogP contribution < -0.4 is 10.1 Å². The van der Waals surface area contributed by atoms with Gasteiger partial charge in [-0.15, -0.1) is 0 Å². The number of benzene rings is 2. The molecule has 0 aliphatic rings. The number of para-hydroxylation sites is 1. The molecule has 2 aromatic carbocycles. The molecule has 1 amide bonds. The summed E-state index contributed by atoms with van der Waals surface area (Å²) in [6, 6.07) is 13.5. The number of hydrogen-bond donors (Lipinski definition) is 1. The zero-order chi connectivity index (χ0) is 18.7. The lowest BCUT2D eigenvalue weighted by molar-refractivity contribution is 0.0992. The molecular formula is C20H17BrFNO3. The van der Waals surface area contributed by atoms with E-state index in [1.807, 2.05) is 32.0 Å². The number of amides is 1. The standard InChI is InChI=1S/C20H17BrFNO3/c1-12-4-3-5-13(2)19(12)25-11-15-7-9-18(26-15)20(24)23-17-8-6-14(21)10-16(17)22/h3-10H,11H2,1-2H3,(H,23,24). The minimum Gasteiger partial charge on any atom is -0.485 e. The van der Waals surface area contributed by atoms with Gasteiger partial charge in [-0.3, -0.25) is 4.79 Å². The second kappa shape index (κ2) is 7.74. The Morgan fingerprint density at radius 3 is 2.58 bits per heavy atom. The summed E-state index contributed by atoms with van der Waals surface area (Å²) in [6.07, 6.45) is 0. The zero-order valence-corrected chi connectivity index (χ0v) is 15.9. The molecule has 1 N–H and O–H groups in total. The van der Waals surface area contributed by atoms with Crippen molar-refractivity contribution in [3.8, 4) is 5.75 Å². The highest BCUT2D eigenvalue weighted by atomic mass is 79.9. The van der Waals surface area contributed by atoms with E-state index in [-0.39, 0.29) is 18.1 Å². The Morgan fingerprint density at radius 1 is 1.15 bits per heavy atom. The molecule has 0 saturated carbocycles. The maximum Gasteiger partial charge on any atom is 0.291 e. The van der Waals surface area contributed by atoms with Gasteiger partial charge in [0, 0.05) is 4.47 Å². The van der Waals surface area contributed by atoms with E-state index < -0.39 is 11.7 Å². The molecule has 0 unspecified atom stereocenters. The van der Waals surface area contributed by atoms with E-state index in [0.29, 0.717) is 10.2 Å². The third-order valence-corrected chi connectivity index (χ3v) is 4.33. The van der Waals surface area contributed by atoms with Crippen molar-refractivity contribution in [2.75, 3.05) is 5.32 Å². The normalized spacial score (nSPS) is 10.6. The Kier molecular flexibility index (Phi) is 5.42. The van der Waals surface area contributed by atoms with E-state index in [1.54, 1.807) is 12.1 Å². The number of hydrogen-bond acceptors (Lipinski definition) is 3. The van der Waals surface area contributed by atoms with Crippen molar-refractivity contribution in [1.29, 1.82) is 0 Å². The maximum absolute atomic E-state index is 13.8. The Balaban J connectivity index is 1.66. The predicted molar refractivity (Wildman–Crippen MR) is 101 cm³/mol. The van der Waals surface area contributed by atoms with Gasteiger partial charge in [-0.1, -0.05) is 34.1 Å². The molecule has 0 spiro atoms. The molecule has 26 heavy (non-hydrogen) atoms. The van der Waals surface area contributed by atoms with Crippen molar-refractivity contribution < 1.29 is 18.3 Å². The quantitative estimate of drug-likeness (QED) is 0.585. The third-order valence-electron chi connectivity index (χ3n) is 3.83. The molecule has 1 aromatic heterocycles. The van der Waals surface area contributed by atoms with Crippen LogP contribution in [0.25, 0.3) is 0 Å². The molecule has 0 aliphatic carbocycles. The van der Waals surface area contributed by atoms with Crippen molar-refractivity contribution >= 4 is 27.5 Å². The van der Waals surface area contributed by atoms with E-state index in [4.69, 9.17) is 9.15 Å². The topological polar surface area (TPSA) is 51.5 Å². The van der Waals surface area contributed by atoms with Crippen molar-refractivity contribution in [2.24, 2.45) is 0 Å². The van der Waals surface area contributed by atoms with Gasteiger partial charge in [0.1, 0.15) is 23.9 Å². The summed E-state index contributed by atoms with van der Waals surface area (Å²) in [5, 5.41) is 2.49. The minimum absolute atomic E-state index is 0.0861. The minimum atomic E-state index is -0.530. The highest BCUT2D eigenvalue weighted by molar-refractivity contribution is 9.10. The second-order valence-corrected chi connectivity index (χ2v) is 6.77. The van der Waals surface area contributed by atoms with E-state index >= 15 is 0 Å². The Labute approximate surface area is 159 Å². The molecule has 3 rings (SSSR count). The summed E-state index contributed by atoms with van der Waals surface area (Å²) in [6.45, 7) is 4.14. The Hall–Kier alpha value is -2.60. The first-order valence-corrected chi connectivity index (χ1v) is 8.77. The SMILES string of the molecule is Cc1cccc(C)c1OCc1ccc(C(=O)Nc2ccc(Br)cc2F)o1. The Morgan fingerprint density at radius 2 is 1.88 bits per heavy atom. The number of aryl methyl sites for hydroxylation is 2. The van der Waals surface area contributed by atoms with Crippen molar-refractivity contribution in [3.63, 3.8) is 0 Å². The number of carbonyl (C=O) groups excluding carboxylic acids is 1. The molecule has 0 atom stereocenters. The van der Waals surface area contributed by atoms with Gasteiger partial charge in [-0.05, 0) is 55.3 Å². The highest BCUT2D eigenvalue weighted by Crippen LogP contribution is 2.24. The van der Waals surface area contributed by atoms with E-state index in [0.717, 1.165) is 16.9 Å². The summed E-state index contributed by atoms with van der Waals surface area (Å²) in [5.74, 6) is 0.343. The summed E-state index contributed by atoms with van der Waals surface area (Å²) in [5.41, 5.74) is 2.14. The smallest absolute Gasteiger partial charge is 0.291 e. The van der Waals surface area contributed by atoms with Crippen molar-refractivity contribution in [3.05, 3.63) is 81.5 Å². The number of ether oxygens (including phenoxy) is 1. The molecule has 134 valence electrons. The van der Waals surface area contributed by atoms with Gasteiger partial charge in [-0.25, -0.2) is 4.39 Å². The monoisotopic (exact) mass is 417 g/mol. The summed E-state index contributed by atoms with van der Waals surface area (Å²) >= 11 is 3.17. The fourth-order valence-corrected chi connectivity index (χ4v) is 2.86. The first kappa shape index (κ1) is 18.2. The molecule has 0 aliphatic heterocycles. The summed E-state index contributed by atoms with van der Waals surface area (Å²) in [4.78, 5) is 12.2. The molecule has 4 nitrogen and oxygen atoms in total. The van der Waals surface area contributed by atoms with Crippen LogP contribution in [0.4, 0.5) is 10.1 Å². The molecule has 0 radical (unpaired) electrons. The molecule has 0 fully saturated rings. The molecule has 3 aromatic rings. The number of furan rings is 1. The molecular weight excluding hydrogens is 401 g/mol. The largest absolute Gasteiger partial charge is 0.485 e. The fraction of sp³-hybridized carbons (Fsp3) is 0.150. The summed E-state index contributed by atoms with van der Waals surface area (Å²) in [7, 11) is 0. The van der Waals surface area contributed by atoms with Crippen LogP contribution in [0, 0.1) is 19.7 Å². The molecule has 0 bridgehead atoms. The average molecular weight is 418 g/mol. The van der Waals surface area contributed by atoms with Gasteiger partial charge in [0.15, 0.2) is 5.76 Å². The van der Waals surface area contributed by atoms with Gasteiger partial charge < -0.3 is 14.5 Å². The molecule has 0 saturated heterocycles. The van der Waals surface area contributed by atoms with Crippen molar-refractivity contribution in [1.82, 2.24) is 0 Å². The maximum atomic E-state index is 13.8. The van der Waals surface area contributed by atoms with Crippen LogP contribution in [-0.2, 0) is 6.61 Å². The lowest BCUT2D eigenvalue weighted by atomic mass is 10.1. The average Bonchev–Trinajstić information content (AvgIpc) is 3.06. The first-order chi connectivity index (χ1) is 12.4. The predicted octanol–water partition coefficient (Wildman–Crippen LogP) is 5.63. The van der Waals surface area contributed by atoms with E-state index in [9.17, 15) is 9.18 Å². The second-order valence-electron chi connectivity index (χ2n) is 5.85. The van der Waals surface area contributed by atoms with E-state index in [2.05, 4.69) is 21.2 Å². The van der Waals surface area contributed by atoms with Crippen LogP contribution in [-0.4, -0.2) is 5.91 Å². The number of nitrogens with one attached hydrogen (secondary N) is 1. The Bertz CT molecular complexity index is 932. The van der Waals surface area contributed by atoms with E-state index in [1.165, 1.54) is 18.2 Å². The molecule has 1 heterocycles. The lowest BCUT2D eigenvalue weighted by Gasteiger charge is -2.10. The first-order valence-electron chi connectivity index (χ1n) is 7.98. The number of rotatable bonds is 5. The van der Waals surface area contributed by atoms with Crippen LogP contribution in [0.5, 0.6) is 5.75 Å². The van der Waals surface area contributed by atoms with Crippen LogP contribution in [0.15, 0.2) is 57.4 Å². The van der Waals surface area contributed by atoms with Crippen LogP contribution in [0.2, 0.25) is 0 Å². The number of halogens is 2.